The molecule has 0 N–H and O–H groups in total. The third kappa shape index (κ3) is 4.71. The topological polar surface area (TPSA) is 46.6 Å². The van der Waals surface area contributed by atoms with E-state index in [1.54, 1.807) is 22.3 Å². The summed E-state index contributed by atoms with van der Waals surface area (Å²) in [7, 11) is 1.34. The Morgan fingerprint density at radius 1 is 1.56 bits per heavy atom. The molecule has 1 rings (SSSR count). The number of carbonyl (C=O) groups excluding carboxylic acids is 2. The van der Waals surface area contributed by atoms with Crippen LogP contribution < -0.4 is 0 Å². The number of ether oxygens (including phenoxy) is 1. The SMILES string of the molecule is C=CCN(CCC(=O)OC)C(=O)Cc1cccs1. The minimum Gasteiger partial charge on any atom is -0.469 e. The predicted molar refractivity (Wildman–Crippen MR) is 71.4 cm³/mol. The maximum absolute atomic E-state index is 12.0. The van der Waals surface area contributed by atoms with Gasteiger partial charge < -0.3 is 9.64 Å². The van der Waals surface area contributed by atoms with Crippen LogP contribution in [-0.2, 0) is 20.7 Å². The minimum absolute atomic E-state index is 0.00116. The molecule has 0 saturated heterocycles. The molecule has 1 heterocycles. The van der Waals surface area contributed by atoms with Crippen LogP contribution in [0.1, 0.15) is 11.3 Å². The fourth-order valence-corrected chi connectivity index (χ4v) is 2.17. The fraction of sp³-hybridized carbons (Fsp3) is 0.385. The molecular weight excluding hydrogens is 250 g/mol. The molecule has 0 aliphatic heterocycles. The zero-order valence-corrected chi connectivity index (χ0v) is 11.2. The molecule has 0 fully saturated rings. The van der Waals surface area contributed by atoms with Crippen molar-refractivity contribution in [1.82, 2.24) is 4.90 Å². The molecule has 0 radical (unpaired) electrons. The minimum atomic E-state index is -0.312. The Bertz CT molecular complexity index is 400. The van der Waals surface area contributed by atoms with Crippen LogP contribution in [0.5, 0.6) is 0 Å². The zero-order valence-electron chi connectivity index (χ0n) is 10.4. The molecule has 0 atom stereocenters. The molecule has 0 aliphatic rings. The lowest BCUT2D eigenvalue weighted by Crippen LogP contribution is -2.34. The molecule has 1 aromatic heterocycles. The molecule has 0 unspecified atom stereocenters. The second-order valence-electron chi connectivity index (χ2n) is 3.71. The van der Waals surface area contributed by atoms with Gasteiger partial charge in [0.05, 0.1) is 20.0 Å². The van der Waals surface area contributed by atoms with Gasteiger partial charge in [-0.1, -0.05) is 12.1 Å². The lowest BCUT2D eigenvalue weighted by atomic mass is 10.3. The summed E-state index contributed by atoms with van der Waals surface area (Å²) in [5.41, 5.74) is 0. The third-order valence-corrected chi connectivity index (χ3v) is 3.30. The van der Waals surface area contributed by atoms with E-state index in [9.17, 15) is 9.59 Å². The standard InChI is InChI=1S/C13H17NO3S/c1-3-7-14(8-6-13(16)17-2)12(15)10-11-5-4-9-18-11/h3-5,9H,1,6-8,10H2,2H3. The van der Waals surface area contributed by atoms with Gasteiger partial charge >= 0.3 is 5.97 Å². The number of amides is 1. The van der Waals surface area contributed by atoms with Gasteiger partial charge in [-0.15, -0.1) is 17.9 Å². The monoisotopic (exact) mass is 267 g/mol. The number of carbonyl (C=O) groups is 2. The van der Waals surface area contributed by atoms with E-state index in [4.69, 9.17) is 0 Å². The van der Waals surface area contributed by atoms with E-state index in [-0.39, 0.29) is 18.3 Å². The lowest BCUT2D eigenvalue weighted by molar-refractivity contribution is -0.141. The van der Waals surface area contributed by atoms with E-state index < -0.39 is 0 Å². The molecule has 1 aromatic rings. The Hall–Kier alpha value is -1.62. The van der Waals surface area contributed by atoms with E-state index in [0.29, 0.717) is 19.5 Å². The van der Waals surface area contributed by atoms with Crippen LogP contribution in [0, 0.1) is 0 Å². The molecule has 0 aliphatic carbocycles. The number of thiophene rings is 1. The van der Waals surface area contributed by atoms with Gasteiger partial charge in [0, 0.05) is 18.0 Å². The van der Waals surface area contributed by atoms with Crippen molar-refractivity contribution < 1.29 is 14.3 Å². The molecule has 1 amide bonds. The number of methoxy groups -OCH3 is 1. The Labute approximate surface area is 111 Å². The van der Waals surface area contributed by atoms with E-state index in [0.717, 1.165) is 4.88 Å². The molecule has 0 saturated carbocycles. The average molecular weight is 267 g/mol. The van der Waals surface area contributed by atoms with E-state index in [2.05, 4.69) is 11.3 Å². The van der Waals surface area contributed by atoms with Crippen molar-refractivity contribution in [2.45, 2.75) is 12.8 Å². The zero-order chi connectivity index (χ0) is 13.4. The Kier molecular flexibility index (Phi) is 6.14. The van der Waals surface area contributed by atoms with Crippen LogP contribution in [0.4, 0.5) is 0 Å². The molecule has 5 heteroatoms. The van der Waals surface area contributed by atoms with Crippen LogP contribution in [0.15, 0.2) is 30.2 Å². The summed E-state index contributed by atoms with van der Waals surface area (Å²) < 4.78 is 4.56. The largest absolute Gasteiger partial charge is 0.469 e. The van der Waals surface area contributed by atoms with Gasteiger partial charge in [-0.25, -0.2) is 0 Å². The van der Waals surface area contributed by atoms with Crippen LogP contribution in [0.3, 0.4) is 0 Å². The Morgan fingerprint density at radius 3 is 2.89 bits per heavy atom. The van der Waals surface area contributed by atoms with E-state index in [1.807, 2.05) is 17.5 Å². The van der Waals surface area contributed by atoms with Gasteiger partial charge in [-0.2, -0.15) is 0 Å². The van der Waals surface area contributed by atoms with Crippen molar-refractivity contribution >= 4 is 23.2 Å². The number of esters is 1. The second kappa shape index (κ2) is 7.66. The summed E-state index contributed by atoms with van der Waals surface area (Å²) in [6, 6.07) is 3.84. The molecule has 18 heavy (non-hydrogen) atoms. The normalized spacial score (nSPS) is 9.83. The molecule has 4 nitrogen and oxygen atoms in total. The quantitative estimate of drug-likeness (QED) is 0.559. The van der Waals surface area contributed by atoms with Crippen LogP contribution in [-0.4, -0.2) is 37.0 Å². The smallest absolute Gasteiger partial charge is 0.307 e. The summed E-state index contributed by atoms with van der Waals surface area (Å²) in [5.74, 6) is -0.311. The van der Waals surface area contributed by atoms with E-state index in [1.165, 1.54) is 7.11 Å². The highest BCUT2D eigenvalue weighted by Crippen LogP contribution is 2.11. The van der Waals surface area contributed by atoms with Crippen molar-refractivity contribution in [3.05, 3.63) is 35.0 Å². The third-order valence-electron chi connectivity index (χ3n) is 2.42. The summed E-state index contributed by atoms with van der Waals surface area (Å²) in [6.07, 6.45) is 2.23. The van der Waals surface area contributed by atoms with Crippen molar-refractivity contribution in [3.8, 4) is 0 Å². The molecular formula is C13H17NO3S. The first-order valence-electron chi connectivity index (χ1n) is 5.65. The van der Waals surface area contributed by atoms with Crippen molar-refractivity contribution in [1.29, 1.82) is 0 Å². The maximum Gasteiger partial charge on any atom is 0.307 e. The highest BCUT2D eigenvalue weighted by Gasteiger charge is 2.14. The number of nitrogens with zero attached hydrogens (tertiary/aromatic N) is 1. The Morgan fingerprint density at radius 2 is 2.33 bits per heavy atom. The first-order chi connectivity index (χ1) is 8.67. The Balaban J connectivity index is 2.51. The van der Waals surface area contributed by atoms with Gasteiger partial charge in [0.25, 0.3) is 0 Å². The average Bonchev–Trinajstić information content (AvgIpc) is 2.86. The first kappa shape index (κ1) is 14.4. The number of hydrogen-bond acceptors (Lipinski definition) is 4. The van der Waals surface area contributed by atoms with Crippen LogP contribution in [0.2, 0.25) is 0 Å². The summed E-state index contributed by atoms with van der Waals surface area (Å²) in [4.78, 5) is 25.7. The van der Waals surface area contributed by atoms with Gasteiger partial charge in [0.1, 0.15) is 0 Å². The summed E-state index contributed by atoms with van der Waals surface area (Å²) in [5, 5.41) is 1.94. The van der Waals surface area contributed by atoms with Gasteiger partial charge in [-0.05, 0) is 11.4 Å². The molecule has 98 valence electrons. The summed E-state index contributed by atoms with van der Waals surface area (Å²) >= 11 is 1.55. The van der Waals surface area contributed by atoms with Crippen molar-refractivity contribution in [2.24, 2.45) is 0 Å². The first-order valence-corrected chi connectivity index (χ1v) is 6.53. The molecule has 0 spiro atoms. The summed E-state index contributed by atoms with van der Waals surface area (Å²) in [6.45, 7) is 4.43. The van der Waals surface area contributed by atoms with Gasteiger partial charge in [0.15, 0.2) is 0 Å². The molecule has 0 bridgehead atoms. The number of rotatable bonds is 7. The van der Waals surface area contributed by atoms with Crippen LogP contribution in [0.25, 0.3) is 0 Å². The highest BCUT2D eigenvalue weighted by molar-refractivity contribution is 7.10. The van der Waals surface area contributed by atoms with Gasteiger partial charge in [0.2, 0.25) is 5.91 Å². The lowest BCUT2D eigenvalue weighted by Gasteiger charge is -2.20. The van der Waals surface area contributed by atoms with E-state index >= 15 is 0 Å². The maximum atomic E-state index is 12.0. The molecule has 0 aromatic carbocycles. The van der Waals surface area contributed by atoms with Crippen molar-refractivity contribution in [3.63, 3.8) is 0 Å². The van der Waals surface area contributed by atoms with Gasteiger partial charge in [-0.3, -0.25) is 9.59 Å². The number of hydrogen-bond donors (Lipinski definition) is 0. The predicted octanol–water partition coefficient (Wildman–Crippen LogP) is 1.87. The van der Waals surface area contributed by atoms with Crippen LogP contribution >= 0.6 is 11.3 Å². The second-order valence-corrected chi connectivity index (χ2v) is 4.74. The fourth-order valence-electron chi connectivity index (χ4n) is 1.48. The highest BCUT2D eigenvalue weighted by atomic mass is 32.1. The van der Waals surface area contributed by atoms with Crippen molar-refractivity contribution in [2.75, 3.05) is 20.2 Å².